The van der Waals surface area contributed by atoms with Crippen molar-refractivity contribution in [2.45, 2.75) is 33.1 Å². The van der Waals surface area contributed by atoms with Gasteiger partial charge in [-0.05, 0) is 48.8 Å². The fraction of sp³-hybridized carbons (Fsp3) is 0.625. The number of hydrogen-bond acceptors (Lipinski definition) is 1. The van der Waals surface area contributed by atoms with Crippen LogP contribution in [0.15, 0.2) is 24.3 Å². The summed E-state index contributed by atoms with van der Waals surface area (Å²) in [5, 5.41) is 1.82. The molecule has 0 aliphatic carbocycles. The van der Waals surface area contributed by atoms with Crippen LogP contribution in [0.2, 0.25) is 5.02 Å². The molecule has 1 aromatic carbocycles. The molecule has 108 valence electrons. The van der Waals surface area contributed by atoms with Crippen LogP contribution in [0.25, 0.3) is 0 Å². The normalized spacial score (nSPS) is 12.9. The van der Waals surface area contributed by atoms with Crippen molar-refractivity contribution in [1.29, 1.82) is 0 Å². The number of halogens is 2. The van der Waals surface area contributed by atoms with E-state index in [1.165, 1.54) is 5.56 Å². The van der Waals surface area contributed by atoms with Gasteiger partial charge in [-0.3, -0.25) is 0 Å². The molecule has 0 aliphatic rings. The van der Waals surface area contributed by atoms with E-state index >= 15 is 0 Å². The summed E-state index contributed by atoms with van der Waals surface area (Å²) in [6, 6.07) is 8.14. The van der Waals surface area contributed by atoms with Crippen LogP contribution in [0.3, 0.4) is 0 Å². The minimum Gasteiger partial charge on any atom is -0.381 e. The van der Waals surface area contributed by atoms with Gasteiger partial charge < -0.3 is 4.74 Å². The first kappa shape index (κ1) is 17.0. The first-order valence-corrected chi connectivity index (χ1v) is 8.50. The molecule has 0 aliphatic heterocycles. The largest absolute Gasteiger partial charge is 0.381 e. The molecule has 0 amide bonds. The molecule has 0 saturated carbocycles. The second-order valence-electron chi connectivity index (χ2n) is 5.43. The SMILES string of the molecule is CC(C)CCOCCC(CBr)Cc1ccc(Cl)cc1. The van der Waals surface area contributed by atoms with Gasteiger partial charge in [0.2, 0.25) is 0 Å². The Hall–Kier alpha value is -0.0500. The predicted octanol–water partition coefficient (Wildman–Crippen LogP) is 5.35. The highest BCUT2D eigenvalue weighted by molar-refractivity contribution is 9.09. The van der Waals surface area contributed by atoms with Gasteiger partial charge >= 0.3 is 0 Å². The number of alkyl halides is 1. The Morgan fingerprint density at radius 1 is 1.11 bits per heavy atom. The third-order valence-corrected chi connectivity index (χ3v) is 4.33. The summed E-state index contributed by atoms with van der Waals surface area (Å²) < 4.78 is 5.69. The van der Waals surface area contributed by atoms with Crippen LogP contribution in [0.5, 0.6) is 0 Å². The third kappa shape index (κ3) is 7.96. The Balaban J connectivity index is 2.24. The van der Waals surface area contributed by atoms with Crippen molar-refractivity contribution in [2.75, 3.05) is 18.5 Å². The van der Waals surface area contributed by atoms with E-state index in [0.29, 0.717) is 5.92 Å². The Morgan fingerprint density at radius 2 is 1.74 bits per heavy atom. The van der Waals surface area contributed by atoms with Crippen LogP contribution in [0, 0.1) is 11.8 Å². The van der Waals surface area contributed by atoms with Crippen molar-refractivity contribution < 1.29 is 4.74 Å². The summed E-state index contributed by atoms with van der Waals surface area (Å²) in [6.07, 6.45) is 3.33. The highest BCUT2D eigenvalue weighted by Crippen LogP contribution is 2.17. The lowest BCUT2D eigenvalue weighted by atomic mass is 9.98. The smallest absolute Gasteiger partial charge is 0.0469 e. The molecule has 0 heterocycles. The van der Waals surface area contributed by atoms with Crippen LogP contribution in [-0.4, -0.2) is 18.5 Å². The van der Waals surface area contributed by atoms with Gasteiger partial charge in [-0.2, -0.15) is 0 Å². The Morgan fingerprint density at radius 3 is 2.32 bits per heavy atom. The molecule has 1 rings (SSSR count). The number of ether oxygens (including phenoxy) is 1. The molecule has 1 atom stereocenters. The molecule has 0 N–H and O–H groups in total. The zero-order valence-corrected chi connectivity index (χ0v) is 14.2. The van der Waals surface area contributed by atoms with E-state index < -0.39 is 0 Å². The Labute approximate surface area is 130 Å². The van der Waals surface area contributed by atoms with E-state index in [1.807, 2.05) is 12.1 Å². The number of benzene rings is 1. The van der Waals surface area contributed by atoms with Gasteiger partial charge in [0.1, 0.15) is 0 Å². The summed E-state index contributed by atoms with van der Waals surface area (Å²) in [6.45, 7) is 6.19. The zero-order valence-electron chi connectivity index (χ0n) is 11.9. The Bertz CT molecular complexity index is 337. The summed E-state index contributed by atoms with van der Waals surface area (Å²) in [7, 11) is 0. The summed E-state index contributed by atoms with van der Waals surface area (Å²) >= 11 is 9.50. The van der Waals surface area contributed by atoms with Gasteiger partial charge in [-0.25, -0.2) is 0 Å². The molecule has 0 fully saturated rings. The Kier molecular flexibility index (Phi) is 8.76. The number of rotatable bonds is 9. The molecule has 1 unspecified atom stereocenters. The van der Waals surface area contributed by atoms with Crippen molar-refractivity contribution in [3.05, 3.63) is 34.9 Å². The second kappa shape index (κ2) is 9.79. The third-order valence-electron chi connectivity index (χ3n) is 3.17. The van der Waals surface area contributed by atoms with Gasteiger partial charge in [-0.15, -0.1) is 0 Å². The standard InChI is InChI=1S/C16H24BrClO/c1-13(2)7-9-19-10-8-15(12-17)11-14-3-5-16(18)6-4-14/h3-6,13,15H,7-12H2,1-2H3. The van der Waals surface area contributed by atoms with Crippen molar-refractivity contribution in [3.63, 3.8) is 0 Å². The minimum absolute atomic E-state index is 0.625. The van der Waals surface area contributed by atoms with Crippen LogP contribution >= 0.6 is 27.5 Å². The maximum absolute atomic E-state index is 5.90. The maximum atomic E-state index is 5.90. The van der Waals surface area contributed by atoms with Gasteiger partial charge in [0, 0.05) is 23.6 Å². The zero-order chi connectivity index (χ0) is 14.1. The van der Waals surface area contributed by atoms with Crippen LogP contribution in [0.4, 0.5) is 0 Å². The van der Waals surface area contributed by atoms with E-state index in [0.717, 1.165) is 48.7 Å². The first-order valence-electron chi connectivity index (χ1n) is 7.00. The lowest BCUT2D eigenvalue weighted by Crippen LogP contribution is -2.11. The molecule has 0 aromatic heterocycles. The molecule has 0 saturated heterocycles. The van der Waals surface area contributed by atoms with Crippen molar-refractivity contribution in [1.82, 2.24) is 0 Å². The molecular weight excluding hydrogens is 324 g/mol. The highest BCUT2D eigenvalue weighted by Gasteiger charge is 2.08. The molecule has 0 radical (unpaired) electrons. The summed E-state index contributed by atoms with van der Waals surface area (Å²) in [4.78, 5) is 0. The molecule has 3 heteroatoms. The highest BCUT2D eigenvalue weighted by atomic mass is 79.9. The van der Waals surface area contributed by atoms with E-state index in [9.17, 15) is 0 Å². The van der Waals surface area contributed by atoms with Crippen LogP contribution < -0.4 is 0 Å². The number of hydrogen-bond donors (Lipinski definition) is 0. The molecular formula is C16H24BrClO. The topological polar surface area (TPSA) is 9.23 Å². The lowest BCUT2D eigenvalue weighted by Gasteiger charge is -2.14. The fourth-order valence-electron chi connectivity index (χ4n) is 1.86. The molecule has 19 heavy (non-hydrogen) atoms. The van der Waals surface area contributed by atoms with Crippen molar-refractivity contribution in [3.8, 4) is 0 Å². The van der Waals surface area contributed by atoms with Crippen molar-refractivity contribution >= 4 is 27.5 Å². The van der Waals surface area contributed by atoms with Crippen molar-refractivity contribution in [2.24, 2.45) is 11.8 Å². The maximum Gasteiger partial charge on any atom is 0.0469 e. The first-order chi connectivity index (χ1) is 9.11. The summed E-state index contributed by atoms with van der Waals surface area (Å²) in [5.74, 6) is 1.35. The van der Waals surface area contributed by atoms with E-state index in [-0.39, 0.29) is 0 Å². The average Bonchev–Trinajstić information content (AvgIpc) is 2.39. The quantitative estimate of drug-likeness (QED) is 0.432. The minimum atomic E-state index is 0.625. The van der Waals surface area contributed by atoms with E-state index in [2.05, 4.69) is 41.9 Å². The molecule has 0 spiro atoms. The van der Waals surface area contributed by atoms with Gasteiger partial charge in [-0.1, -0.05) is 53.5 Å². The monoisotopic (exact) mass is 346 g/mol. The van der Waals surface area contributed by atoms with Gasteiger partial charge in [0.25, 0.3) is 0 Å². The average molecular weight is 348 g/mol. The van der Waals surface area contributed by atoms with Crippen LogP contribution in [-0.2, 0) is 11.2 Å². The molecule has 1 aromatic rings. The van der Waals surface area contributed by atoms with Crippen LogP contribution in [0.1, 0.15) is 32.3 Å². The fourth-order valence-corrected chi connectivity index (χ4v) is 2.54. The molecule has 0 bridgehead atoms. The molecule has 1 nitrogen and oxygen atoms in total. The second-order valence-corrected chi connectivity index (χ2v) is 6.52. The van der Waals surface area contributed by atoms with E-state index in [1.54, 1.807) is 0 Å². The van der Waals surface area contributed by atoms with Gasteiger partial charge in [0.05, 0.1) is 0 Å². The lowest BCUT2D eigenvalue weighted by molar-refractivity contribution is 0.113. The predicted molar refractivity (Wildman–Crippen MR) is 87.3 cm³/mol. The summed E-state index contributed by atoms with van der Waals surface area (Å²) in [5.41, 5.74) is 1.34. The van der Waals surface area contributed by atoms with Gasteiger partial charge in [0.15, 0.2) is 0 Å². The van der Waals surface area contributed by atoms with E-state index in [4.69, 9.17) is 16.3 Å².